The molecule has 1 N–H and O–H groups in total. The number of urea groups is 1. The van der Waals surface area contributed by atoms with Crippen LogP contribution < -0.4 is 5.32 Å². The minimum absolute atomic E-state index is 0.0897. The molecule has 0 bridgehead atoms. The van der Waals surface area contributed by atoms with Gasteiger partial charge in [-0.15, -0.1) is 0 Å². The van der Waals surface area contributed by atoms with Crippen molar-refractivity contribution in [3.8, 4) is 11.3 Å². The van der Waals surface area contributed by atoms with Crippen LogP contribution in [0.15, 0.2) is 63.1 Å². The van der Waals surface area contributed by atoms with E-state index in [0.29, 0.717) is 22.3 Å². The van der Waals surface area contributed by atoms with Crippen molar-refractivity contribution in [1.29, 1.82) is 0 Å². The lowest BCUT2D eigenvalue weighted by Crippen LogP contribution is -2.53. The molecule has 1 saturated heterocycles. The Hall–Kier alpha value is -3.58. The monoisotopic (exact) mass is 410 g/mol. The average molecular weight is 411 g/mol. The van der Waals surface area contributed by atoms with E-state index in [0.717, 1.165) is 16.0 Å². The summed E-state index contributed by atoms with van der Waals surface area (Å²) in [5.74, 6) is -0.273. The second kappa shape index (κ2) is 7.44. The van der Waals surface area contributed by atoms with Gasteiger partial charge in [-0.25, -0.2) is 4.79 Å². The van der Waals surface area contributed by atoms with E-state index in [9.17, 15) is 14.4 Å². The van der Waals surface area contributed by atoms with Crippen molar-refractivity contribution in [2.24, 2.45) is 0 Å². The number of nitrogens with one attached hydrogen (secondary N) is 1. The van der Waals surface area contributed by atoms with E-state index in [1.165, 1.54) is 12.3 Å². The Kier molecular flexibility index (Phi) is 4.82. The van der Waals surface area contributed by atoms with E-state index in [2.05, 4.69) is 5.32 Å². The number of rotatable bonds is 4. The number of hydrogen-bond donors (Lipinski definition) is 1. The predicted octanol–water partition coefficient (Wildman–Crippen LogP) is 4.16. The van der Waals surface area contributed by atoms with E-state index >= 15 is 0 Å². The Bertz CT molecular complexity index is 1140. The molecule has 0 radical (unpaired) electrons. The molecule has 1 aliphatic rings. The summed E-state index contributed by atoms with van der Waals surface area (Å²) in [5, 5.41) is 2.76. The van der Waals surface area contributed by atoms with E-state index in [-0.39, 0.29) is 12.1 Å². The number of imide groups is 2. The smallest absolute Gasteiger partial charge is 0.331 e. The molecule has 4 amide bonds. The number of amides is 4. The number of carbonyl (C=O) groups is 3. The Morgan fingerprint density at radius 3 is 2.69 bits per heavy atom. The molecular weight excluding hydrogens is 396 g/mol. The SMILES string of the molecule is Cc1ccc(-c2ccc(/C=C3/C(=O)NC(=O)N(Cc4ccco4)C3=O)o2)cc1Cl. The highest BCUT2D eigenvalue weighted by Crippen LogP contribution is 2.28. The molecule has 0 aliphatic carbocycles. The maximum Gasteiger partial charge on any atom is 0.331 e. The number of carbonyl (C=O) groups excluding carboxylic acids is 3. The van der Waals surface area contributed by atoms with Crippen molar-refractivity contribution < 1.29 is 23.2 Å². The van der Waals surface area contributed by atoms with Gasteiger partial charge in [0.1, 0.15) is 22.9 Å². The molecule has 3 aromatic rings. The number of barbiturate groups is 1. The lowest BCUT2D eigenvalue weighted by atomic mass is 10.1. The third kappa shape index (κ3) is 3.72. The summed E-state index contributed by atoms with van der Waals surface area (Å²) in [6, 6.07) is 11.3. The molecule has 0 spiro atoms. The Morgan fingerprint density at radius 1 is 1.14 bits per heavy atom. The van der Waals surface area contributed by atoms with Gasteiger partial charge in [-0.2, -0.15) is 0 Å². The molecule has 7 nitrogen and oxygen atoms in total. The van der Waals surface area contributed by atoms with Gasteiger partial charge in [-0.1, -0.05) is 23.7 Å². The summed E-state index contributed by atoms with van der Waals surface area (Å²) in [7, 11) is 0. The van der Waals surface area contributed by atoms with E-state index < -0.39 is 17.8 Å². The second-order valence-electron chi connectivity index (χ2n) is 6.45. The number of hydrogen-bond acceptors (Lipinski definition) is 5. The third-order valence-corrected chi connectivity index (χ3v) is 4.86. The van der Waals surface area contributed by atoms with Crippen LogP contribution in [0.1, 0.15) is 17.1 Å². The minimum atomic E-state index is -0.803. The first-order valence-corrected chi connectivity index (χ1v) is 9.08. The summed E-state index contributed by atoms with van der Waals surface area (Å²) >= 11 is 6.16. The van der Waals surface area contributed by atoms with Crippen molar-refractivity contribution >= 4 is 35.5 Å². The van der Waals surface area contributed by atoms with E-state index in [1.54, 1.807) is 30.3 Å². The highest BCUT2D eigenvalue weighted by Gasteiger charge is 2.36. The molecule has 0 saturated carbocycles. The number of halogens is 1. The lowest BCUT2D eigenvalue weighted by molar-refractivity contribution is -0.130. The third-order valence-electron chi connectivity index (χ3n) is 4.45. The molecule has 2 aromatic heterocycles. The van der Waals surface area contributed by atoms with Gasteiger partial charge < -0.3 is 8.83 Å². The number of nitrogens with zero attached hydrogens (tertiary/aromatic N) is 1. The molecule has 8 heteroatoms. The van der Waals surface area contributed by atoms with Gasteiger partial charge in [0.05, 0.1) is 12.8 Å². The Labute approximate surface area is 170 Å². The van der Waals surface area contributed by atoms with E-state index in [4.69, 9.17) is 20.4 Å². The van der Waals surface area contributed by atoms with E-state index in [1.807, 2.05) is 19.1 Å². The predicted molar refractivity (Wildman–Crippen MR) is 105 cm³/mol. The first-order valence-electron chi connectivity index (χ1n) is 8.70. The minimum Gasteiger partial charge on any atom is -0.467 e. The quantitative estimate of drug-likeness (QED) is 0.515. The first-order chi connectivity index (χ1) is 13.9. The van der Waals surface area contributed by atoms with Gasteiger partial charge >= 0.3 is 6.03 Å². The highest BCUT2D eigenvalue weighted by atomic mass is 35.5. The zero-order valence-electron chi connectivity index (χ0n) is 15.3. The van der Waals surface area contributed by atoms with Crippen LogP contribution in [0.3, 0.4) is 0 Å². The number of aryl methyl sites for hydroxylation is 1. The zero-order valence-corrected chi connectivity index (χ0v) is 16.0. The number of furan rings is 2. The van der Waals surface area contributed by atoms with Crippen LogP contribution in [0.2, 0.25) is 5.02 Å². The highest BCUT2D eigenvalue weighted by molar-refractivity contribution is 6.31. The van der Waals surface area contributed by atoms with Crippen molar-refractivity contribution in [2.45, 2.75) is 13.5 Å². The largest absolute Gasteiger partial charge is 0.467 e. The molecule has 146 valence electrons. The van der Waals surface area contributed by atoms with Crippen LogP contribution >= 0.6 is 11.6 Å². The summed E-state index contributed by atoms with van der Waals surface area (Å²) < 4.78 is 10.9. The van der Waals surface area contributed by atoms with Gasteiger partial charge in [0.2, 0.25) is 0 Å². The molecule has 1 aromatic carbocycles. The number of benzene rings is 1. The molecule has 1 fully saturated rings. The van der Waals surface area contributed by atoms with Gasteiger partial charge in [-0.05, 0) is 48.9 Å². The standard InChI is InChI=1S/C21H15ClN2O5/c1-12-4-5-13(9-17(12)22)18-7-6-14(29-18)10-16-19(25)23-21(27)24(20(16)26)11-15-3-2-8-28-15/h2-10H,11H2,1H3,(H,23,25,27)/b16-10-. The molecular formula is C21H15ClN2O5. The van der Waals surface area contributed by atoms with Gasteiger partial charge in [-0.3, -0.25) is 19.8 Å². The second-order valence-corrected chi connectivity index (χ2v) is 6.86. The fraction of sp³-hybridized carbons (Fsp3) is 0.0952. The van der Waals surface area contributed by atoms with Gasteiger partial charge in [0.15, 0.2) is 0 Å². The molecule has 3 heterocycles. The molecule has 4 rings (SSSR count). The summed E-state index contributed by atoms with van der Waals surface area (Å²) in [6.45, 7) is 1.81. The summed E-state index contributed by atoms with van der Waals surface area (Å²) in [6.07, 6.45) is 2.74. The molecule has 0 atom stereocenters. The first kappa shape index (κ1) is 18.8. The van der Waals surface area contributed by atoms with Gasteiger partial charge in [0, 0.05) is 10.6 Å². The van der Waals surface area contributed by atoms with Crippen LogP contribution in [-0.2, 0) is 16.1 Å². The molecule has 0 unspecified atom stereocenters. The van der Waals surface area contributed by atoms with Crippen molar-refractivity contribution in [1.82, 2.24) is 10.2 Å². The fourth-order valence-electron chi connectivity index (χ4n) is 2.87. The lowest BCUT2D eigenvalue weighted by Gasteiger charge is -2.25. The normalized spacial score (nSPS) is 15.9. The molecule has 1 aliphatic heterocycles. The average Bonchev–Trinajstić information content (AvgIpc) is 3.36. The summed E-state index contributed by atoms with van der Waals surface area (Å²) in [4.78, 5) is 37.9. The van der Waals surface area contributed by atoms with Crippen molar-refractivity contribution in [3.05, 3.63) is 76.4 Å². The van der Waals surface area contributed by atoms with Crippen LogP contribution in [-0.4, -0.2) is 22.7 Å². The fourth-order valence-corrected chi connectivity index (χ4v) is 3.05. The van der Waals surface area contributed by atoms with Crippen LogP contribution in [0.5, 0.6) is 0 Å². The van der Waals surface area contributed by atoms with Crippen molar-refractivity contribution in [2.75, 3.05) is 0 Å². The maximum absolute atomic E-state index is 12.7. The van der Waals surface area contributed by atoms with Crippen LogP contribution in [0, 0.1) is 6.92 Å². The maximum atomic E-state index is 12.7. The van der Waals surface area contributed by atoms with Gasteiger partial charge in [0.25, 0.3) is 11.8 Å². The van der Waals surface area contributed by atoms with Crippen LogP contribution in [0.4, 0.5) is 4.79 Å². The molecule has 29 heavy (non-hydrogen) atoms. The Morgan fingerprint density at radius 2 is 1.97 bits per heavy atom. The van der Waals surface area contributed by atoms with Crippen LogP contribution in [0.25, 0.3) is 17.4 Å². The Balaban J connectivity index is 1.61. The summed E-state index contributed by atoms with van der Waals surface area (Å²) in [5.41, 5.74) is 1.49. The zero-order chi connectivity index (χ0) is 20.5. The van der Waals surface area contributed by atoms with Crippen molar-refractivity contribution in [3.63, 3.8) is 0 Å². The topological polar surface area (TPSA) is 92.8 Å².